The third-order valence-corrected chi connectivity index (χ3v) is 4.06. The zero-order chi connectivity index (χ0) is 12.5. The van der Waals surface area contributed by atoms with Gasteiger partial charge in [-0.15, -0.1) is 0 Å². The highest BCUT2D eigenvalue weighted by Gasteiger charge is 2.49. The Morgan fingerprint density at radius 2 is 1.94 bits per heavy atom. The van der Waals surface area contributed by atoms with Crippen molar-refractivity contribution in [2.45, 2.75) is 32.7 Å². The Morgan fingerprint density at radius 3 is 2.35 bits per heavy atom. The first-order valence-electron chi connectivity index (χ1n) is 6.37. The van der Waals surface area contributed by atoms with Crippen molar-refractivity contribution in [1.29, 1.82) is 0 Å². The number of likely N-dealkylation sites (N-methyl/N-ethyl adjacent to an activating group) is 1. The molecule has 0 spiro atoms. The Bertz CT molecular complexity index is 369. The number of methoxy groups -OCH3 is 1. The quantitative estimate of drug-likeness (QED) is 0.844. The number of nitrogens with one attached hydrogen (secondary N) is 1. The van der Waals surface area contributed by atoms with Gasteiger partial charge in [0, 0.05) is 6.04 Å². The molecule has 1 aromatic rings. The van der Waals surface area contributed by atoms with Crippen molar-refractivity contribution in [3.8, 4) is 5.75 Å². The first kappa shape index (κ1) is 12.4. The second kappa shape index (κ2) is 4.69. The molecule has 2 rings (SSSR count). The van der Waals surface area contributed by atoms with Crippen molar-refractivity contribution in [3.63, 3.8) is 0 Å². The largest absolute Gasteiger partial charge is 0.497 e. The van der Waals surface area contributed by atoms with Gasteiger partial charge in [0.1, 0.15) is 5.75 Å². The first-order chi connectivity index (χ1) is 8.06. The molecule has 2 unspecified atom stereocenters. The number of rotatable bonds is 5. The van der Waals surface area contributed by atoms with Crippen LogP contribution in [0.3, 0.4) is 0 Å². The third kappa shape index (κ3) is 2.81. The highest BCUT2D eigenvalue weighted by Crippen LogP contribution is 2.53. The van der Waals surface area contributed by atoms with E-state index in [1.165, 1.54) is 12.0 Å². The highest BCUT2D eigenvalue weighted by atomic mass is 16.5. The van der Waals surface area contributed by atoms with Gasteiger partial charge in [0.05, 0.1) is 7.11 Å². The van der Waals surface area contributed by atoms with Gasteiger partial charge < -0.3 is 10.1 Å². The monoisotopic (exact) mass is 233 g/mol. The topological polar surface area (TPSA) is 21.3 Å². The number of hydrogen-bond acceptors (Lipinski definition) is 2. The zero-order valence-corrected chi connectivity index (χ0v) is 11.3. The maximum atomic E-state index is 5.18. The summed E-state index contributed by atoms with van der Waals surface area (Å²) >= 11 is 0. The van der Waals surface area contributed by atoms with Crippen LogP contribution in [0, 0.1) is 11.3 Å². The molecule has 1 fully saturated rings. The van der Waals surface area contributed by atoms with E-state index in [2.05, 4.69) is 38.3 Å². The van der Waals surface area contributed by atoms with E-state index < -0.39 is 0 Å². The molecule has 1 aliphatic rings. The minimum Gasteiger partial charge on any atom is -0.497 e. The first-order valence-corrected chi connectivity index (χ1v) is 6.37. The lowest BCUT2D eigenvalue weighted by Gasteiger charge is -2.18. The average molecular weight is 233 g/mol. The summed E-state index contributed by atoms with van der Waals surface area (Å²) in [4.78, 5) is 0. The van der Waals surface area contributed by atoms with Crippen LogP contribution in [-0.2, 0) is 6.42 Å². The fourth-order valence-corrected chi connectivity index (χ4v) is 2.66. The van der Waals surface area contributed by atoms with E-state index in [-0.39, 0.29) is 0 Å². The second-order valence-corrected chi connectivity index (χ2v) is 5.75. The Balaban J connectivity index is 1.98. The summed E-state index contributed by atoms with van der Waals surface area (Å²) in [5.74, 6) is 1.75. The number of hydrogen-bond donors (Lipinski definition) is 1. The van der Waals surface area contributed by atoms with Crippen LogP contribution in [0.5, 0.6) is 5.75 Å². The maximum Gasteiger partial charge on any atom is 0.118 e. The lowest BCUT2D eigenvalue weighted by molar-refractivity contribution is 0.413. The predicted molar refractivity (Wildman–Crippen MR) is 71.4 cm³/mol. The molecule has 94 valence electrons. The van der Waals surface area contributed by atoms with Gasteiger partial charge in [0.25, 0.3) is 0 Å². The Labute approximate surface area is 104 Å². The Kier molecular flexibility index (Phi) is 3.43. The van der Waals surface area contributed by atoms with E-state index >= 15 is 0 Å². The molecule has 0 aliphatic heterocycles. The standard InChI is InChI=1S/C15H23NO/c1-15(2)10-13(15)14(16-3)9-11-5-7-12(17-4)8-6-11/h5-8,13-14,16H,9-10H2,1-4H3. The van der Waals surface area contributed by atoms with Crippen molar-refractivity contribution < 1.29 is 4.74 Å². The highest BCUT2D eigenvalue weighted by molar-refractivity contribution is 5.28. The van der Waals surface area contributed by atoms with E-state index in [1.807, 2.05) is 12.1 Å². The summed E-state index contributed by atoms with van der Waals surface area (Å²) in [6.07, 6.45) is 2.45. The van der Waals surface area contributed by atoms with Gasteiger partial charge in [-0.1, -0.05) is 26.0 Å². The minimum absolute atomic E-state index is 0.528. The van der Waals surface area contributed by atoms with Gasteiger partial charge in [0.15, 0.2) is 0 Å². The molecule has 2 heteroatoms. The van der Waals surface area contributed by atoms with Gasteiger partial charge >= 0.3 is 0 Å². The Morgan fingerprint density at radius 1 is 1.35 bits per heavy atom. The molecule has 0 saturated heterocycles. The molecule has 1 saturated carbocycles. The fraction of sp³-hybridized carbons (Fsp3) is 0.600. The van der Waals surface area contributed by atoms with Crippen LogP contribution in [0.1, 0.15) is 25.8 Å². The van der Waals surface area contributed by atoms with Gasteiger partial charge in [0.2, 0.25) is 0 Å². The normalized spacial score (nSPS) is 23.2. The van der Waals surface area contributed by atoms with Crippen LogP contribution in [0.15, 0.2) is 24.3 Å². The molecule has 1 aromatic carbocycles. The summed E-state index contributed by atoms with van der Waals surface area (Å²) in [5, 5.41) is 3.47. The molecule has 0 heterocycles. The summed E-state index contributed by atoms with van der Waals surface area (Å²) in [7, 11) is 3.78. The second-order valence-electron chi connectivity index (χ2n) is 5.75. The van der Waals surface area contributed by atoms with Crippen molar-refractivity contribution in [3.05, 3.63) is 29.8 Å². The van der Waals surface area contributed by atoms with Gasteiger partial charge in [-0.3, -0.25) is 0 Å². The van der Waals surface area contributed by atoms with E-state index in [0.717, 1.165) is 18.1 Å². The van der Waals surface area contributed by atoms with E-state index in [9.17, 15) is 0 Å². The molecule has 0 amide bonds. The summed E-state index contributed by atoms with van der Waals surface area (Å²) < 4.78 is 5.18. The van der Waals surface area contributed by atoms with Crippen LogP contribution in [0.2, 0.25) is 0 Å². The number of benzene rings is 1. The van der Waals surface area contributed by atoms with Crippen LogP contribution in [0.4, 0.5) is 0 Å². The lowest BCUT2D eigenvalue weighted by Crippen LogP contribution is -2.31. The lowest BCUT2D eigenvalue weighted by atomic mass is 9.97. The van der Waals surface area contributed by atoms with Crippen molar-refractivity contribution in [2.75, 3.05) is 14.2 Å². The van der Waals surface area contributed by atoms with Gasteiger partial charge in [-0.05, 0) is 48.9 Å². The fourth-order valence-electron chi connectivity index (χ4n) is 2.66. The van der Waals surface area contributed by atoms with E-state index in [0.29, 0.717) is 11.5 Å². The zero-order valence-electron chi connectivity index (χ0n) is 11.3. The molecule has 1 aliphatic carbocycles. The average Bonchev–Trinajstić information content (AvgIpc) is 2.96. The van der Waals surface area contributed by atoms with Crippen LogP contribution in [0.25, 0.3) is 0 Å². The molecule has 0 radical (unpaired) electrons. The smallest absolute Gasteiger partial charge is 0.118 e. The van der Waals surface area contributed by atoms with Crippen LogP contribution < -0.4 is 10.1 Å². The van der Waals surface area contributed by atoms with Gasteiger partial charge in [-0.25, -0.2) is 0 Å². The number of ether oxygens (including phenoxy) is 1. The SMILES string of the molecule is CNC(Cc1ccc(OC)cc1)C1CC1(C)C. The third-order valence-electron chi connectivity index (χ3n) is 4.06. The van der Waals surface area contributed by atoms with E-state index in [4.69, 9.17) is 4.74 Å². The Hall–Kier alpha value is -1.02. The van der Waals surface area contributed by atoms with Crippen LogP contribution in [-0.4, -0.2) is 20.2 Å². The summed E-state index contributed by atoms with van der Waals surface area (Å²) in [5.41, 5.74) is 1.91. The molecule has 17 heavy (non-hydrogen) atoms. The van der Waals surface area contributed by atoms with E-state index in [1.54, 1.807) is 7.11 Å². The molecular weight excluding hydrogens is 210 g/mol. The minimum atomic E-state index is 0.528. The molecule has 2 atom stereocenters. The maximum absolute atomic E-state index is 5.18. The molecule has 0 bridgehead atoms. The van der Waals surface area contributed by atoms with Crippen LogP contribution >= 0.6 is 0 Å². The summed E-state index contributed by atoms with van der Waals surface area (Å²) in [6, 6.07) is 9.01. The van der Waals surface area contributed by atoms with Crippen molar-refractivity contribution in [2.24, 2.45) is 11.3 Å². The summed E-state index contributed by atoms with van der Waals surface area (Å²) in [6.45, 7) is 4.71. The molecule has 1 N–H and O–H groups in total. The predicted octanol–water partition coefficient (Wildman–Crippen LogP) is 2.87. The molecule has 0 aromatic heterocycles. The molecule has 2 nitrogen and oxygen atoms in total. The van der Waals surface area contributed by atoms with Crippen molar-refractivity contribution in [1.82, 2.24) is 5.32 Å². The van der Waals surface area contributed by atoms with Crippen molar-refractivity contribution >= 4 is 0 Å². The van der Waals surface area contributed by atoms with Gasteiger partial charge in [-0.2, -0.15) is 0 Å². The molecular formula is C15H23NO.